The molecule has 3 nitrogen and oxygen atoms in total. The van der Waals surface area contributed by atoms with E-state index in [1.807, 2.05) is 0 Å². The van der Waals surface area contributed by atoms with Crippen LogP contribution in [0.2, 0.25) is 0 Å². The molecule has 0 heterocycles. The minimum Gasteiger partial charge on any atom is -0.508 e. The average Bonchev–Trinajstić information content (AvgIpc) is 2.67. The molecular formula is C24H42O3. The van der Waals surface area contributed by atoms with Crippen LogP contribution in [0.25, 0.3) is 0 Å². The van der Waals surface area contributed by atoms with E-state index in [-0.39, 0.29) is 11.5 Å². The highest BCUT2D eigenvalue weighted by molar-refractivity contribution is 5.43. The van der Waals surface area contributed by atoms with Crippen LogP contribution in [-0.4, -0.2) is 16.8 Å². The SMILES string of the molecule is CCCCCCCCCCCCCCCCCCOc1cc(O)ccc1O. The first kappa shape index (κ1) is 23.7. The van der Waals surface area contributed by atoms with Crippen molar-refractivity contribution in [1.82, 2.24) is 0 Å². The number of ether oxygens (including phenoxy) is 1. The van der Waals surface area contributed by atoms with Crippen LogP contribution in [0.1, 0.15) is 110 Å². The molecule has 0 bridgehead atoms. The molecule has 0 saturated carbocycles. The second-order valence-electron chi connectivity index (χ2n) is 7.80. The standard InChI is InChI=1S/C24H42O3/c1-2-3-4-5-6-7-8-9-10-11-12-13-14-15-16-17-20-27-24-21-22(25)18-19-23(24)26/h18-19,21,25-26H,2-17,20H2,1H3. The van der Waals surface area contributed by atoms with Gasteiger partial charge in [0.05, 0.1) is 6.61 Å². The van der Waals surface area contributed by atoms with Crippen LogP contribution >= 0.6 is 0 Å². The molecule has 0 spiro atoms. The first-order chi connectivity index (χ1) is 13.2. The fraction of sp³-hybridized carbons (Fsp3) is 0.750. The molecule has 2 N–H and O–H groups in total. The summed E-state index contributed by atoms with van der Waals surface area (Å²) in [6.07, 6.45) is 21.6. The van der Waals surface area contributed by atoms with Gasteiger partial charge in [-0.25, -0.2) is 0 Å². The smallest absolute Gasteiger partial charge is 0.164 e. The van der Waals surface area contributed by atoms with E-state index in [1.54, 1.807) is 0 Å². The first-order valence-electron chi connectivity index (χ1n) is 11.4. The molecule has 1 aromatic carbocycles. The molecule has 1 aromatic rings. The van der Waals surface area contributed by atoms with Gasteiger partial charge >= 0.3 is 0 Å². The molecule has 0 atom stereocenters. The van der Waals surface area contributed by atoms with E-state index in [1.165, 1.54) is 108 Å². The maximum absolute atomic E-state index is 9.63. The van der Waals surface area contributed by atoms with Crippen LogP contribution in [0, 0.1) is 0 Å². The molecular weight excluding hydrogens is 336 g/mol. The summed E-state index contributed by atoms with van der Waals surface area (Å²) >= 11 is 0. The summed E-state index contributed by atoms with van der Waals surface area (Å²) < 4.78 is 5.53. The molecule has 1 rings (SSSR count). The summed E-state index contributed by atoms with van der Waals surface area (Å²) in [4.78, 5) is 0. The third-order valence-corrected chi connectivity index (χ3v) is 5.20. The number of phenolic OH excluding ortho intramolecular Hbond substituents is 2. The van der Waals surface area contributed by atoms with E-state index in [0.717, 1.165) is 12.8 Å². The normalized spacial score (nSPS) is 11.0. The van der Waals surface area contributed by atoms with Crippen molar-refractivity contribution in [3.05, 3.63) is 18.2 Å². The number of hydrogen-bond donors (Lipinski definition) is 2. The zero-order valence-electron chi connectivity index (χ0n) is 17.6. The Labute approximate surface area is 167 Å². The third kappa shape index (κ3) is 13.4. The van der Waals surface area contributed by atoms with Crippen LogP contribution in [-0.2, 0) is 0 Å². The summed E-state index contributed by atoms with van der Waals surface area (Å²) in [6.45, 7) is 2.87. The van der Waals surface area contributed by atoms with E-state index in [2.05, 4.69) is 6.92 Å². The summed E-state index contributed by atoms with van der Waals surface area (Å²) in [5.41, 5.74) is 0. The first-order valence-corrected chi connectivity index (χ1v) is 11.4. The molecule has 0 aliphatic rings. The van der Waals surface area contributed by atoms with Gasteiger partial charge in [-0.2, -0.15) is 0 Å². The van der Waals surface area contributed by atoms with Gasteiger partial charge in [-0.05, 0) is 18.6 Å². The van der Waals surface area contributed by atoms with Crippen molar-refractivity contribution in [1.29, 1.82) is 0 Å². The number of phenols is 2. The van der Waals surface area contributed by atoms with Crippen molar-refractivity contribution < 1.29 is 14.9 Å². The second kappa shape index (κ2) is 16.8. The Bertz CT molecular complexity index is 459. The lowest BCUT2D eigenvalue weighted by Gasteiger charge is -2.08. The maximum Gasteiger partial charge on any atom is 0.164 e. The van der Waals surface area contributed by atoms with Gasteiger partial charge in [0, 0.05) is 6.07 Å². The lowest BCUT2D eigenvalue weighted by molar-refractivity contribution is 0.287. The highest BCUT2D eigenvalue weighted by atomic mass is 16.5. The number of rotatable bonds is 18. The van der Waals surface area contributed by atoms with Gasteiger partial charge in [0.25, 0.3) is 0 Å². The Kier molecular flexibility index (Phi) is 14.7. The Morgan fingerprint density at radius 2 is 1.07 bits per heavy atom. The molecule has 3 heteroatoms. The van der Waals surface area contributed by atoms with Crippen molar-refractivity contribution in [3.8, 4) is 17.2 Å². The lowest BCUT2D eigenvalue weighted by Crippen LogP contribution is -1.97. The quantitative estimate of drug-likeness (QED) is 0.203. The molecule has 0 fully saturated rings. The molecule has 27 heavy (non-hydrogen) atoms. The van der Waals surface area contributed by atoms with E-state index >= 15 is 0 Å². The van der Waals surface area contributed by atoms with Gasteiger partial charge in [0.2, 0.25) is 0 Å². The van der Waals surface area contributed by atoms with Gasteiger partial charge in [0.15, 0.2) is 11.5 Å². The van der Waals surface area contributed by atoms with Crippen LogP contribution < -0.4 is 4.74 Å². The van der Waals surface area contributed by atoms with Crippen LogP contribution in [0.15, 0.2) is 18.2 Å². The molecule has 0 aliphatic carbocycles. The predicted molar refractivity (Wildman–Crippen MR) is 115 cm³/mol. The fourth-order valence-corrected chi connectivity index (χ4v) is 3.45. The highest BCUT2D eigenvalue weighted by Gasteiger charge is 2.03. The van der Waals surface area contributed by atoms with Gasteiger partial charge in [-0.15, -0.1) is 0 Å². The Morgan fingerprint density at radius 1 is 0.630 bits per heavy atom. The van der Waals surface area contributed by atoms with Crippen molar-refractivity contribution >= 4 is 0 Å². The largest absolute Gasteiger partial charge is 0.508 e. The van der Waals surface area contributed by atoms with Crippen LogP contribution in [0.4, 0.5) is 0 Å². The van der Waals surface area contributed by atoms with Crippen molar-refractivity contribution in [2.45, 2.75) is 110 Å². The highest BCUT2D eigenvalue weighted by Crippen LogP contribution is 2.29. The number of hydrogen-bond acceptors (Lipinski definition) is 3. The van der Waals surface area contributed by atoms with Gasteiger partial charge in [-0.1, -0.05) is 103 Å². The summed E-state index contributed by atoms with van der Waals surface area (Å²) in [5, 5.41) is 19.0. The maximum atomic E-state index is 9.63. The van der Waals surface area contributed by atoms with E-state index < -0.39 is 0 Å². The molecule has 0 saturated heterocycles. The zero-order chi connectivity index (χ0) is 19.6. The molecule has 0 radical (unpaired) electrons. The lowest BCUT2D eigenvalue weighted by atomic mass is 10.0. The molecule has 156 valence electrons. The molecule has 0 aliphatic heterocycles. The monoisotopic (exact) mass is 378 g/mol. The minimum atomic E-state index is 0.0873. The van der Waals surface area contributed by atoms with E-state index in [9.17, 15) is 10.2 Å². The van der Waals surface area contributed by atoms with E-state index in [0.29, 0.717) is 12.4 Å². The molecule has 0 unspecified atom stereocenters. The van der Waals surface area contributed by atoms with Gasteiger partial charge in [-0.3, -0.25) is 0 Å². The Balaban J connectivity index is 1.78. The van der Waals surface area contributed by atoms with E-state index in [4.69, 9.17) is 4.74 Å². The number of aromatic hydroxyl groups is 2. The zero-order valence-corrected chi connectivity index (χ0v) is 17.6. The average molecular weight is 379 g/mol. The van der Waals surface area contributed by atoms with Crippen molar-refractivity contribution in [2.24, 2.45) is 0 Å². The minimum absolute atomic E-state index is 0.0873. The summed E-state index contributed by atoms with van der Waals surface area (Å²) in [5.74, 6) is 0.579. The van der Waals surface area contributed by atoms with Crippen LogP contribution in [0.5, 0.6) is 17.2 Å². The Hall–Kier alpha value is -1.38. The number of benzene rings is 1. The summed E-state index contributed by atoms with van der Waals surface area (Å²) in [6, 6.07) is 4.37. The molecule has 0 amide bonds. The Morgan fingerprint density at radius 3 is 1.56 bits per heavy atom. The number of unbranched alkanes of at least 4 members (excludes halogenated alkanes) is 15. The van der Waals surface area contributed by atoms with Gasteiger partial charge in [0.1, 0.15) is 5.75 Å². The topological polar surface area (TPSA) is 49.7 Å². The third-order valence-electron chi connectivity index (χ3n) is 5.20. The van der Waals surface area contributed by atoms with Crippen molar-refractivity contribution in [2.75, 3.05) is 6.61 Å². The fourth-order valence-electron chi connectivity index (χ4n) is 3.45. The van der Waals surface area contributed by atoms with Gasteiger partial charge < -0.3 is 14.9 Å². The van der Waals surface area contributed by atoms with Crippen LogP contribution in [0.3, 0.4) is 0 Å². The molecule has 0 aromatic heterocycles. The van der Waals surface area contributed by atoms with Crippen molar-refractivity contribution in [3.63, 3.8) is 0 Å². The second-order valence-corrected chi connectivity index (χ2v) is 7.80. The predicted octanol–water partition coefficient (Wildman–Crippen LogP) is 7.74. The summed E-state index contributed by atoms with van der Waals surface area (Å²) in [7, 11) is 0.